The van der Waals surface area contributed by atoms with E-state index in [4.69, 9.17) is 5.73 Å². The van der Waals surface area contributed by atoms with E-state index >= 15 is 0 Å². The standard InChI is InChI=1S/C17H19N3O5/c1-10-13(9-21)15(22)20(17(24)19(10)2)12-6-4-11(5-7-12)8-14(18)16(23)25-3/h4-8,21H,9,18H2,1-3H3/b14-8+. The summed E-state index contributed by atoms with van der Waals surface area (Å²) < 4.78 is 6.80. The predicted molar refractivity (Wildman–Crippen MR) is 92.1 cm³/mol. The van der Waals surface area contributed by atoms with E-state index in [0.717, 1.165) is 4.57 Å². The molecule has 1 aromatic heterocycles. The fourth-order valence-corrected chi connectivity index (χ4v) is 2.36. The minimum Gasteiger partial charge on any atom is -0.464 e. The van der Waals surface area contributed by atoms with Crippen molar-refractivity contribution in [3.8, 4) is 5.69 Å². The molecule has 1 heterocycles. The molecule has 3 N–H and O–H groups in total. The van der Waals surface area contributed by atoms with Gasteiger partial charge in [-0.1, -0.05) is 12.1 Å². The number of benzene rings is 1. The summed E-state index contributed by atoms with van der Waals surface area (Å²) in [7, 11) is 2.76. The van der Waals surface area contributed by atoms with Crippen LogP contribution in [0.2, 0.25) is 0 Å². The molecule has 8 heteroatoms. The van der Waals surface area contributed by atoms with Crippen molar-refractivity contribution in [2.45, 2.75) is 13.5 Å². The topological polar surface area (TPSA) is 117 Å². The van der Waals surface area contributed by atoms with E-state index in [9.17, 15) is 19.5 Å². The molecule has 0 saturated heterocycles. The van der Waals surface area contributed by atoms with Crippen LogP contribution >= 0.6 is 0 Å². The van der Waals surface area contributed by atoms with Crippen LogP contribution in [-0.4, -0.2) is 27.3 Å². The van der Waals surface area contributed by atoms with Gasteiger partial charge >= 0.3 is 11.7 Å². The largest absolute Gasteiger partial charge is 0.464 e. The maximum Gasteiger partial charge on any atom is 0.353 e. The highest BCUT2D eigenvalue weighted by Gasteiger charge is 2.15. The van der Waals surface area contributed by atoms with Crippen LogP contribution in [0.1, 0.15) is 16.8 Å². The number of hydrogen-bond donors (Lipinski definition) is 2. The van der Waals surface area contributed by atoms with Gasteiger partial charge in [-0.25, -0.2) is 14.2 Å². The van der Waals surface area contributed by atoms with E-state index in [2.05, 4.69) is 4.74 Å². The summed E-state index contributed by atoms with van der Waals surface area (Å²) in [5, 5.41) is 9.41. The third-order valence-electron chi connectivity index (χ3n) is 3.93. The zero-order valence-corrected chi connectivity index (χ0v) is 14.1. The van der Waals surface area contributed by atoms with E-state index in [1.807, 2.05) is 0 Å². The Balaban J connectivity index is 2.55. The molecule has 0 aliphatic carbocycles. The lowest BCUT2D eigenvalue weighted by molar-refractivity contribution is -0.136. The number of nitrogens with two attached hydrogens (primary N) is 1. The number of aliphatic hydroxyl groups excluding tert-OH is 1. The normalized spacial score (nSPS) is 11.4. The molecule has 0 fully saturated rings. The number of ether oxygens (including phenoxy) is 1. The molecule has 25 heavy (non-hydrogen) atoms. The average Bonchev–Trinajstić information content (AvgIpc) is 2.61. The predicted octanol–water partition coefficient (Wildman–Crippen LogP) is -0.190. The summed E-state index contributed by atoms with van der Waals surface area (Å²) in [6.45, 7) is 1.14. The molecular formula is C17H19N3O5. The number of aromatic nitrogens is 2. The minimum absolute atomic E-state index is 0.0683. The Morgan fingerprint density at radius 1 is 1.28 bits per heavy atom. The first-order valence-electron chi connectivity index (χ1n) is 7.40. The number of carbonyl (C=O) groups is 1. The lowest BCUT2D eigenvalue weighted by Gasteiger charge is -2.13. The first-order chi connectivity index (χ1) is 11.8. The molecule has 0 aliphatic rings. The Morgan fingerprint density at radius 2 is 1.88 bits per heavy atom. The van der Waals surface area contributed by atoms with Gasteiger partial charge in [0.15, 0.2) is 0 Å². The zero-order chi connectivity index (χ0) is 18.7. The molecule has 8 nitrogen and oxygen atoms in total. The highest BCUT2D eigenvalue weighted by atomic mass is 16.5. The molecule has 0 unspecified atom stereocenters. The number of methoxy groups -OCH3 is 1. The number of hydrogen-bond acceptors (Lipinski definition) is 6. The molecule has 0 atom stereocenters. The first kappa shape index (κ1) is 18.2. The molecule has 0 bridgehead atoms. The van der Waals surface area contributed by atoms with Gasteiger partial charge in [0.1, 0.15) is 5.70 Å². The summed E-state index contributed by atoms with van der Waals surface area (Å²) >= 11 is 0. The number of aliphatic hydroxyl groups is 1. The van der Waals surface area contributed by atoms with Gasteiger partial charge in [0.05, 0.1) is 25.0 Å². The molecule has 0 saturated carbocycles. The molecule has 0 aliphatic heterocycles. The van der Waals surface area contributed by atoms with Crippen LogP contribution in [0.5, 0.6) is 0 Å². The van der Waals surface area contributed by atoms with Crippen LogP contribution in [0, 0.1) is 6.92 Å². The molecule has 0 amide bonds. The van der Waals surface area contributed by atoms with Crippen molar-refractivity contribution in [1.29, 1.82) is 0 Å². The molecule has 0 spiro atoms. The van der Waals surface area contributed by atoms with Gasteiger partial charge in [-0.3, -0.25) is 4.79 Å². The Kier molecular flexibility index (Phi) is 5.23. The lowest BCUT2D eigenvalue weighted by atomic mass is 10.1. The van der Waals surface area contributed by atoms with Gasteiger partial charge < -0.3 is 20.1 Å². The summed E-state index contributed by atoms with van der Waals surface area (Å²) in [4.78, 5) is 36.2. The highest BCUT2D eigenvalue weighted by Crippen LogP contribution is 2.10. The van der Waals surface area contributed by atoms with Gasteiger partial charge in [-0.15, -0.1) is 0 Å². The monoisotopic (exact) mass is 345 g/mol. The zero-order valence-electron chi connectivity index (χ0n) is 14.1. The van der Waals surface area contributed by atoms with E-state index < -0.39 is 23.8 Å². The maximum atomic E-state index is 12.5. The Bertz CT molecular complexity index is 952. The minimum atomic E-state index is -0.653. The molecular weight excluding hydrogens is 326 g/mol. The Morgan fingerprint density at radius 3 is 2.40 bits per heavy atom. The lowest BCUT2D eigenvalue weighted by Crippen LogP contribution is -2.41. The van der Waals surface area contributed by atoms with Gasteiger partial charge in [0.2, 0.25) is 0 Å². The van der Waals surface area contributed by atoms with Crippen molar-refractivity contribution in [2.24, 2.45) is 12.8 Å². The van der Waals surface area contributed by atoms with Crippen LogP contribution in [0.4, 0.5) is 0 Å². The van der Waals surface area contributed by atoms with Crippen molar-refractivity contribution in [2.75, 3.05) is 7.11 Å². The number of carbonyl (C=O) groups excluding carboxylic acids is 1. The summed E-state index contributed by atoms with van der Waals surface area (Å²) in [5.74, 6) is -0.653. The summed E-state index contributed by atoms with van der Waals surface area (Å²) in [6, 6.07) is 6.32. The molecule has 132 valence electrons. The average molecular weight is 345 g/mol. The molecule has 2 rings (SSSR count). The Hall–Kier alpha value is -3.13. The maximum absolute atomic E-state index is 12.5. The van der Waals surface area contributed by atoms with Gasteiger partial charge in [-0.2, -0.15) is 0 Å². The van der Waals surface area contributed by atoms with Gasteiger partial charge in [0.25, 0.3) is 5.56 Å². The van der Waals surface area contributed by atoms with Crippen LogP contribution in [0.3, 0.4) is 0 Å². The van der Waals surface area contributed by atoms with E-state index in [0.29, 0.717) is 16.9 Å². The second-order valence-corrected chi connectivity index (χ2v) is 5.39. The molecule has 0 radical (unpaired) electrons. The second-order valence-electron chi connectivity index (χ2n) is 5.39. The van der Waals surface area contributed by atoms with Crippen LogP contribution < -0.4 is 17.0 Å². The van der Waals surface area contributed by atoms with E-state index in [-0.39, 0.29) is 11.3 Å². The third kappa shape index (κ3) is 3.38. The van der Waals surface area contributed by atoms with Gasteiger partial charge in [0, 0.05) is 12.7 Å². The van der Waals surface area contributed by atoms with Crippen molar-refractivity contribution < 1.29 is 14.6 Å². The van der Waals surface area contributed by atoms with E-state index in [1.165, 1.54) is 24.8 Å². The van der Waals surface area contributed by atoms with E-state index in [1.54, 1.807) is 31.2 Å². The highest BCUT2D eigenvalue weighted by molar-refractivity contribution is 5.92. The summed E-state index contributed by atoms with van der Waals surface area (Å²) in [5.41, 5.74) is 5.94. The first-order valence-corrected chi connectivity index (χ1v) is 7.40. The van der Waals surface area contributed by atoms with Crippen molar-refractivity contribution in [3.05, 3.63) is 67.6 Å². The molecule has 2 aromatic rings. The second kappa shape index (κ2) is 7.18. The summed E-state index contributed by atoms with van der Waals surface area (Å²) in [6.07, 6.45) is 1.42. The van der Waals surface area contributed by atoms with Crippen molar-refractivity contribution in [1.82, 2.24) is 9.13 Å². The third-order valence-corrected chi connectivity index (χ3v) is 3.93. The van der Waals surface area contributed by atoms with Crippen molar-refractivity contribution >= 4 is 12.0 Å². The number of rotatable bonds is 4. The Labute approximate surface area is 143 Å². The fourth-order valence-electron chi connectivity index (χ4n) is 2.36. The number of nitrogens with zero attached hydrogens (tertiary/aromatic N) is 2. The van der Waals surface area contributed by atoms with Crippen LogP contribution in [0.15, 0.2) is 39.6 Å². The van der Waals surface area contributed by atoms with Crippen LogP contribution in [-0.2, 0) is 23.2 Å². The fraction of sp³-hybridized carbons (Fsp3) is 0.235. The quantitative estimate of drug-likeness (QED) is 0.586. The molecule has 1 aromatic carbocycles. The van der Waals surface area contributed by atoms with Crippen molar-refractivity contribution in [3.63, 3.8) is 0 Å². The smallest absolute Gasteiger partial charge is 0.353 e. The SMILES string of the molecule is COC(=O)/C(N)=C\c1ccc(-n2c(=O)c(CO)c(C)n(C)c2=O)cc1. The van der Waals surface area contributed by atoms with Crippen LogP contribution in [0.25, 0.3) is 11.8 Å². The van der Waals surface area contributed by atoms with Gasteiger partial charge in [-0.05, 0) is 30.7 Å². The number of esters is 1.